The predicted octanol–water partition coefficient (Wildman–Crippen LogP) is 8.69. The Balaban J connectivity index is 0.984. The van der Waals surface area contributed by atoms with E-state index in [4.69, 9.17) is 9.47 Å². The molecule has 3 aliphatic rings. The SMILES string of the molecule is Cc1cnc(N2CC3(CCOCC3)C2)c(C(=O)Nc2ccc(C(=O)N3CCc4cc(C(=O)c5nc(C)c(C)n5COCC[Si](C)(C)C)sc4-c4ccc(F)cc43)cc2)c1. The Labute approximate surface area is 349 Å². The fourth-order valence-electron chi connectivity index (χ4n) is 8.13. The second-order valence-electron chi connectivity index (χ2n) is 17.4. The molecule has 14 heteroatoms. The molecule has 59 heavy (non-hydrogen) atoms. The van der Waals surface area contributed by atoms with Crippen LogP contribution >= 0.6 is 11.3 Å². The van der Waals surface area contributed by atoms with E-state index in [-0.39, 0.29) is 36.3 Å². The van der Waals surface area contributed by atoms with E-state index in [2.05, 4.69) is 39.8 Å². The summed E-state index contributed by atoms with van der Waals surface area (Å²) in [4.78, 5) is 56.4. The van der Waals surface area contributed by atoms with E-state index in [9.17, 15) is 18.8 Å². The maximum Gasteiger partial charge on any atom is 0.259 e. The Morgan fingerprint density at radius 2 is 1.75 bits per heavy atom. The van der Waals surface area contributed by atoms with Gasteiger partial charge in [0, 0.05) is 86.5 Å². The fourth-order valence-corrected chi connectivity index (χ4v) is 10.1. The number of halogens is 1. The molecule has 308 valence electrons. The number of anilines is 3. The minimum Gasteiger partial charge on any atom is -0.381 e. The highest BCUT2D eigenvalue weighted by atomic mass is 32.1. The van der Waals surface area contributed by atoms with Gasteiger partial charge < -0.3 is 29.2 Å². The van der Waals surface area contributed by atoms with E-state index < -0.39 is 13.9 Å². The molecule has 1 spiro atoms. The van der Waals surface area contributed by atoms with Crippen molar-refractivity contribution in [2.45, 2.75) is 72.4 Å². The highest BCUT2D eigenvalue weighted by Crippen LogP contribution is 2.44. The van der Waals surface area contributed by atoms with Gasteiger partial charge in [-0.05, 0) is 112 Å². The average Bonchev–Trinajstić information content (AvgIpc) is 3.70. The van der Waals surface area contributed by atoms with Gasteiger partial charge in [-0.1, -0.05) is 19.6 Å². The number of ether oxygens (including phenoxy) is 2. The summed E-state index contributed by atoms with van der Waals surface area (Å²) in [5.41, 5.74) is 6.22. The van der Waals surface area contributed by atoms with Gasteiger partial charge in [-0.15, -0.1) is 11.3 Å². The van der Waals surface area contributed by atoms with Crippen molar-refractivity contribution in [1.82, 2.24) is 14.5 Å². The first-order valence-corrected chi connectivity index (χ1v) is 24.8. The number of fused-ring (bicyclic) bond motifs is 3. The van der Waals surface area contributed by atoms with Gasteiger partial charge in [-0.3, -0.25) is 14.4 Å². The molecule has 0 saturated carbocycles. The number of carbonyl (C=O) groups is 3. The molecule has 3 aromatic heterocycles. The van der Waals surface area contributed by atoms with E-state index in [1.807, 2.05) is 37.5 Å². The summed E-state index contributed by atoms with van der Waals surface area (Å²) < 4.78 is 28.4. The first kappa shape index (κ1) is 40.7. The van der Waals surface area contributed by atoms with Crippen LogP contribution in [0.25, 0.3) is 10.4 Å². The lowest BCUT2D eigenvalue weighted by molar-refractivity contribution is -0.000511. The highest BCUT2D eigenvalue weighted by Gasteiger charge is 2.45. The minimum absolute atomic E-state index is 0.198. The van der Waals surface area contributed by atoms with Crippen LogP contribution in [0.2, 0.25) is 25.7 Å². The lowest BCUT2D eigenvalue weighted by atomic mass is 9.73. The molecule has 0 aliphatic carbocycles. The summed E-state index contributed by atoms with van der Waals surface area (Å²) in [7, 11) is -1.28. The molecule has 6 heterocycles. The number of thiophene rings is 1. The van der Waals surface area contributed by atoms with Gasteiger partial charge in [0.25, 0.3) is 11.8 Å². The van der Waals surface area contributed by atoms with Crippen molar-refractivity contribution in [3.8, 4) is 10.4 Å². The number of pyridine rings is 1. The topological polar surface area (TPSA) is 119 Å². The number of carbonyl (C=O) groups excluding carboxylic acids is 3. The standard InChI is InChI=1S/C45H51FN6O5SSi/c1-28-21-36(41(47-24-28)50-25-45(26-50)14-17-56-18-15-45)43(54)49-34-10-7-31(8-11-34)44(55)51-16-13-32-22-38(58-40(32)35-12-9-33(46)23-37(35)51)39(53)42-48-29(2)30(3)52(42)27-57-19-20-59(4,5)6/h7-12,21-24H,13-20,25-27H2,1-6H3,(H,49,54). The smallest absolute Gasteiger partial charge is 0.259 e. The normalized spacial score (nSPS) is 16.0. The van der Waals surface area contributed by atoms with E-state index in [0.29, 0.717) is 57.6 Å². The van der Waals surface area contributed by atoms with Gasteiger partial charge in [0.1, 0.15) is 18.4 Å². The van der Waals surface area contributed by atoms with Crippen LogP contribution in [-0.2, 0) is 22.6 Å². The van der Waals surface area contributed by atoms with Gasteiger partial charge >= 0.3 is 0 Å². The largest absolute Gasteiger partial charge is 0.381 e. The van der Waals surface area contributed by atoms with Crippen molar-refractivity contribution in [1.29, 1.82) is 0 Å². The van der Waals surface area contributed by atoms with Crippen LogP contribution in [0.4, 0.5) is 21.6 Å². The maximum atomic E-state index is 14.9. The van der Waals surface area contributed by atoms with Crippen LogP contribution in [0.5, 0.6) is 0 Å². The number of hydrogen-bond donors (Lipinski definition) is 1. The maximum absolute atomic E-state index is 14.9. The Kier molecular flexibility index (Phi) is 11.2. The molecule has 1 N–H and O–H groups in total. The van der Waals surface area contributed by atoms with E-state index in [1.54, 1.807) is 41.4 Å². The zero-order valence-corrected chi connectivity index (χ0v) is 36.4. The zero-order chi connectivity index (χ0) is 41.6. The summed E-state index contributed by atoms with van der Waals surface area (Å²) >= 11 is 1.33. The third kappa shape index (κ3) is 8.41. The van der Waals surface area contributed by atoms with Crippen molar-refractivity contribution < 1.29 is 28.2 Å². The van der Waals surface area contributed by atoms with Crippen molar-refractivity contribution in [3.63, 3.8) is 0 Å². The number of benzene rings is 2. The highest BCUT2D eigenvalue weighted by molar-refractivity contribution is 7.17. The first-order chi connectivity index (χ1) is 28.2. The van der Waals surface area contributed by atoms with Crippen LogP contribution in [0.1, 0.15) is 71.6 Å². The molecule has 0 bridgehead atoms. The number of rotatable bonds is 11. The second kappa shape index (κ2) is 16.2. The molecule has 2 fully saturated rings. The van der Waals surface area contributed by atoms with Gasteiger partial charge in [-0.2, -0.15) is 0 Å². The molecule has 5 aromatic rings. The van der Waals surface area contributed by atoms with Crippen molar-refractivity contribution in [3.05, 3.63) is 111 Å². The van der Waals surface area contributed by atoms with Gasteiger partial charge in [0.05, 0.1) is 21.8 Å². The molecular formula is C45H51FN6O5SSi. The van der Waals surface area contributed by atoms with Crippen LogP contribution in [0, 0.1) is 32.0 Å². The van der Waals surface area contributed by atoms with E-state index in [0.717, 1.165) is 72.6 Å². The van der Waals surface area contributed by atoms with Gasteiger partial charge in [0.15, 0.2) is 5.82 Å². The summed E-state index contributed by atoms with van der Waals surface area (Å²) in [5.74, 6) is -0.239. The molecule has 0 unspecified atom stereocenters. The Bertz CT molecular complexity index is 2430. The first-order valence-electron chi connectivity index (χ1n) is 20.3. The number of nitrogens with zero attached hydrogens (tertiary/aromatic N) is 5. The Morgan fingerprint density at radius 3 is 2.47 bits per heavy atom. The van der Waals surface area contributed by atoms with Gasteiger partial charge in [-0.25, -0.2) is 14.4 Å². The number of aryl methyl sites for hydroxylation is 2. The molecule has 2 aromatic carbocycles. The van der Waals surface area contributed by atoms with Crippen LogP contribution in [-0.4, -0.2) is 79.7 Å². The van der Waals surface area contributed by atoms with Crippen LogP contribution in [0.15, 0.2) is 60.8 Å². The van der Waals surface area contributed by atoms with E-state index >= 15 is 0 Å². The summed E-state index contributed by atoms with van der Waals surface area (Å²) in [6, 6.07) is 16.0. The van der Waals surface area contributed by atoms with Crippen molar-refractivity contribution in [2.75, 3.05) is 54.6 Å². The number of imidazole rings is 1. The zero-order valence-electron chi connectivity index (χ0n) is 34.6. The van der Waals surface area contributed by atoms with E-state index in [1.165, 1.54) is 23.5 Å². The molecule has 2 saturated heterocycles. The average molecular weight is 835 g/mol. The molecule has 0 radical (unpaired) electrons. The Hall–Kier alpha value is -5.02. The number of amides is 2. The number of ketones is 1. The summed E-state index contributed by atoms with van der Waals surface area (Å²) in [6.07, 6.45) is 4.27. The summed E-state index contributed by atoms with van der Waals surface area (Å²) in [6.45, 7) is 17.0. The molecule has 2 amide bonds. The Morgan fingerprint density at radius 1 is 1.00 bits per heavy atom. The van der Waals surface area contributed by atoms with Gasteiger partial charge in [0.2, 0.25) is 5.78 Å². The lowest BCUT2D eigenvalue weighted by Crippen LogP contribution is -2.59. The quantitative estimate of drug-likeness (QED) is 0.0798. The lowest BCUT2D eigenvalue weighted by Gasteiger charge is -2.53. The molecular weight excluding hydrogens is 784 g/mol. The van der Waals surface area contributed by atoms with Crippen molar-refractivity contribution >= 4 is 54.2 Å². The molecule has 8 rings (SSSR count). The minimum atomic E-state index is -1.28. The monoisotopic (exact) mass is 834 g/mol. The molecule has 11 nitrogen and oxygen atoms in total. The number of aromatic nitrogens is 3. The summed E-state index contributed by atoms with van der Waals surface area (Å²) in [5, 5.41) is 3.00. The predicted molar refractivity (Wildman–Crippen MR) is 232 cm³/mol. The third-order valence-electron chi connectivity index (χ3n) is 11.8. The third-order valence-corrected chi connectivity index (χ3v) is 14.7. The fraction of sp³-hybridized carbons (Fsp3) is 0.400. The number of nitrogens with one attached hydrogen (secondary N) is 1. The number of hydrogen-bond acceptors (Lipinski definition) is 9. The van der Waals surface area contributed by atoms with Crippen molar-refractivity contribution in [2.24, 2.45) is 5.41 Å². The van der Waals surface area contributed by atoms with Crippen LogP contribution in [0.3, 0.4) is 0 Å². The van der Waals surface area contributed by atoms with Crippen LogP contribution < -0.4 is 15.1 Å². The molecule has 0 atom stereocenters. The second-order valence-corrected chi connectivity index (χ2v) is 24.1. The molecule has 3 aliphatic heterocycles.